The van der Waals surface area contributed by atoms with E-state index in [1.807, 2.05) is 13.1 Å². The second-order valence-corrected chi connectivity index (χ2v) is 9.14. The van der Waals surface area contributed by atoms with Crippen LogP contribution in [0.5, 0.6) is 17.2 Å². The minimum Gasteiger partial charge on any atom is -0.497 e. The van der Waals surface area contributed by atoms with Gasteiger partial charge in [0.05, 0.1) is 7.11 Å². The molecule has 0 amide bonds. The quantitative estimate of drug-likeness (QED) is 0.186. The first-order chi connectivity index (χ1) is 18.1. The normalized spacial score (nSPS) is 12.7. The van der Waals surface area contributed by atoms with Crippen molar-refractivity contribution in [2.45, 2.75) is 64.3 Å². The molecule has 7 nitrogen and oxygen atoms in total. The maximum atomic E-state index is 11.8. The molecule has 7 heteroatoms. The van der Waals surface area contributed by atoms with Gasteiger partial charge in [0.25, 0.3) is 0 Å². The molecule has 0 aliphatic carbocycles. The Morgan fingerprint density at radius 1 is 1.03 bits per heavy atom. The summed E-state index contributed by atoms with van der Waals surface area (Å²) in [5, 5.41) is 6.87. The topological polar surface area (TPSA) is 85.9 Å². The molecule has 1 aliphatic rings. The predicted octanol–water partition coefficient (Wildman–Crippen LogP) is 5.01. The van der Waals surface area contributed by atoms with Crippen LogP contribution < -0.4 is 24.8 Å². The van der Waals surface area contributed by atoms with Crippen molar-refractivity contribution in [3.63, 3.8) is 0 Å². The summed E-state index contributed by atoms with van der Waals surface area (Å²) in [6.07, 6.45) is 8.18. The molecule has 0 aromatic heterocycles. The van der Waals surface area contributed by atoms with E-state index in [1.54, 1.807) is 31.4 Å². The highest BCUT2D eigenvalue weighted by molar-refractivity contribution is 5.96. The summed E-state index contributed by atoms with van der Waals surface area (Å²) in [5.41, 5.74) is 2.01. The van der Waals surface area contributed by atoms with Crippen molar-refractivity contribution >= 4 is 12.1 Å². The first-order valence-electron chi connectivity index (χ1n) is 13.5. The molecular formula is C30H44N2O5. The molecule has 3 rings (SSSR count). The molecule has 37 heavy (non-hydrogen) atoms. The third kappa shape index (κ3) is 11.8. The Kier molecular flexibility index (Phi) is 15.0. The second kappa shape index (κ2) is 18.4. The van der Waals surface area contributed by atoms with E-state index < -0.39 is 0 Å². The minimum absolute atomic E-state index is 0.152. The number of ether oxygens (including phenoxy) is 3. The molecule has 0 bridgehead atoms. The van der Waals surface area contributed by atoms with Crippen LogP contribution in [0.4, 0.5) is 0 Å². The molecule has 0 saturated carbocycles. The molecule has 1 atom stereocenters. The van der Waals surface area contributed by atoms with Crippen molar-refractivity contribution in [3.8, 4) is 17.2 Å². The molecule has 1 aliphatic heterocycles. The van der Waals surface area contributed by atoms with Crippen molar-refractivity contribution in [1.82, 2.24) is 10.6 Å². The molecule has 2 aromatic rings. The summed E-state index contributed by atoms with van der Waals surface area (Å²) in [6.45, 7) is 5.59. The third-order valence-corrected chi connectivity index (χ3v) is 6.23. The van der Waals surface area contributed by atoms with E-state index in [0.717, 1.165) is 67.9 Å². The number of nitrogens with one attached hydrogen (secondary N) is 2. The fourth-order valence-corrected chi connectivity index (χ4v) is 3.96. The molecule has 0 saturated heterocycles. The number of methoxy groups -OCH3 is 1. The Balaban J connectivity index is 0.000000264. The first-order valence-corrected chi connectivity index (χ1v) is 13.5. The van der Waals surface area contributed by atoms with E-state index in [0.29, 0.717) is 32.1 Å². The maximum Gasteiger partial charge on any atom is 0.162 e. The van der Waals surface area contributed by atoms with Crippen LogP contribution in [-0.2, 0) is 11.2 Å². The van der Waals surface area contributed by atoms with Crippen molar-refractivity contribution in [2.24, 2.45) is 0 Å². The number of unbranched alkanes of at least 4 members (excludes halogenated alkanes) is 4. The Hall–Kier alpha value is -2.90. The Morgan fingerprint density at radius 3 is 2.46 bits per heavy atom. The zero-order valence-corrected chi connectivity index (χ0v) is 22.7. The van der Waals surface area contributed by atoms with Gasteiger partial charge in [-0.15, -0.1) is 0 Å². The van der Waals surface area contributed by atoms with Crippen LogP contribution in [0.15, 0.2) is 42.5 Å². The SMILES string of the molecule is CCCCNCC(Cc1ccc2c(c1)OCCO2)NC.COc1ccc(C(=O)CCCCCC=O)cc1. The summed E-state index contributed by atoms with van der Waals surface area (Å²) in [6, 6.07) is 13.8. The van der Waals surface area contributed by atoms with Crippen LogP contribution >= 0.6 is 0 Å². The zero-order chi connectivity index (χ0) is 26.7. The highest BCUT2D eigenvalue weighted by Crippen LogP contribution is 2.31. The molecular weight excluding hydrogens is 468 g/mol. The van der Waals surface area contributed by atoms with Gasteiger partial charge in [-0.3, -0.25) is 4.79 Å². The number of carbonyl (C=O) groups excluding carboxylic acids is 2. The molecule has 204 valence electrons. The van der Waals surface area contributed by atoms with E-state index in [4.69, 9.17) is 14.2 Å². The fourth-order valence-electron chi connectivity index (χ4n) is 3.96. The van der Waals surface area contributed by atoms with Gasteiger partial charge in [-0.25, -0.2) is 0 Å². The number of hydrogen-bond donors (Lipinski definition) is 2. The second-order valence-electron chi connectivity index (χ2n) is 9.14. The van der Waals surface area contributed by atoms with Crippen LogP contribution in [0, 0.1) is 0 Å². The number of likely N-dealkylation sites (N-methyl/N-ethyl adjacent to an activating group) is 1. The number of Topliss-reactive ketones (excluding diaryl/α,β-unsaturated/α-hetero) is 1. The maximum absolute atomic E-state index is 11.8. The van der Waals surface area contributed by atoms with E-state index in [1.165, 1.54) is 18.4 Å². The summed E-state index contributed by atoms with van der Waals surface area (Å²) in [5.74, 6) is 2.65. The van der Waals surface area contributed by atoms with Gasteiger partial charge < -0.3 is 29.6 Å². The van der Waals surface area contributed by atoms with Crippen LogP contribution in [0.25, 0.3) is 0 Å². The van der Waals surface area contributed by atoms with Gasteiger partial charge in [-0.2, -0.15) is 0 Å². The Bertz CT molecular complexity index is 917. The lowest BCUT2D eigenvalue weighted by molar-refractivity contribution is -0.107. The number of rotatable bonds is 16. The van der Waals surface area contributed by atoms with E-state index in [-0.39, 0.29) is 5.78 Å². The van der Waals surface area contributed by atoms with Gasteiger partial charge in [0.15, 0.2) is 17.3 Å². The minimum atomic E-state index is 0.152. The number of benzene rings is 2. The summed E-state index contributed by atoms with van der Waals surface area (Å²) in [7, 11) is 3.62. The predicted molar refractivity (Wildman–Crippen MR) is 148 cm³/mol. The molecule has 0 spiro atoms. The molecule has 1 unspecified atom stereocenters. The fraction of sp³-hybridized carbons (Fsp3) is 0.533. The Morgan fingerprint density at radius 2 is 1.78 bits per heavy atom. The van der Waals surface area contributed by atoms with Crippen molar-refractivity contribution in [2.75, 3.05) is 40.5 Å². The lowest BCUT2D eigenvalue weighted by Crippen LogP contribution is -2.38. The molecule has 2 N–H and O–H groups in total. The van der Waals surface area contributed by atoms with Crippen molar-refractivity contribution < 1.29 is 23.8 Å². The highest BCUT2D eigenvalue weighted by Gasteiger charge is 2.14. The van der Waals surface area contributed by atoms with Crippen molar-refractivity contribution in [3.05, 3.63) is 53.6 Å². The molecule has 0 radical (unpaired) electrons. The smallest absolute Gasteiger partial charge is 0.162 e. The average molecular weight is 513 g/mol. The average Bonchev–Trinajstić information content (AvgIpc) is 2.94. The van der Waals surface area contributed by atoms with Crippen molar-refractivity contribution in [1.29, 1.82) is 0 Å². The molecule has 0 fully saturated rings. The zero-order valence-electron chi connectivity index (χ0n) is 22.7. The van der Waals surface area contributed by atoms with Crippen LogP contribution in [0.2, 0.25) is 0 Å². The monoisotopic (exact) mass is 512 g/mol. The van der Waals surface area contributed by atoms with Gasteiger partial charge in [0.2, 0.25) is 0 Å². The summed E-state index contributed by atoms with van der Waals surface area (Å²) >= 11 is 0. The third-order valence-electron chi connectivity index (χ3n) is 6.23. The number of ketones is 1. The standard InChI is InChI=1S/C16H26N2O2.C14H18O3/c1-3-4-7-18-12-14(17-2)10-13-5-6-15-16(11-13)20-9-8-19-15;1-17-13-9-7-12(8-10-13)14(16)6-4-2-3-5-11-15/h5-6,11,14,17-18H,3-4,7-10,12H2,1-2H3;7-11H,2-6H2,1H3. The van der Waals surface area contributed by atoms with Gasteiger partial charge in [-0.1, -0.05) is 25.8 Å². The van der Waals surface area contributed by atoms with Gasteiger partial charge in [0.1, 0.15) is 25.2 Å². The van der Waals surface area contributed by atoms with Gasteiger partial charge >= 0.3 is 0 Å². The number of carbonyl (C=O) groups is 2. The summed E-state index contributed by atoms with van der Waals surface area (Å²) < 4.78 is 16.2. The number of hydrogen-bond acceptors (Lipinski definition) is 7. The van der Waals surface area contributed by atoms with Crippen LogP contribution in [0.1, 0.15) is 67.8 Å². The number of fused-ring (bicyclic) bond motifs is 1. The summed E-state index contributed by atoms with van der Waals surface area (Å²) in [4.78, 5) is 21.9. The first kappa shape index (κ1) is 30.3. The van der Waals surface area contributed by atoms with E-state index >= 15 is 0 Å². The largest absolute Gasteiger partial charge is 0.497 e. The van der Waals surface area contributed by atoms with Gasteiger partial charge in [-0.05, 0) is 81.2 Å². The van der Waals surface area contributed by atoms with Crippen LogP contribution in [0.3, 0.4) is 0 Å². The molecule has 2 aromatic carbocycles. The van der Waals surface area contributed by atoms with E-state index in [2.05, 4.69) is 29.7 Å². The molecule has 1 heterocycles. The Labute approximate surface area is 222 Å². The van der Waals surface area contributed by atoms with Gasteiger partial charge in [0, 0.05) is 31.0 Å². The lowest BCUT2D eigenvalue weighted by atomic mass is 10.0. The van der Waals surface area contributed by atoms with E-state index in [9.17, 15) is 9.59 Å². The lowest BCUT2D eigenvalue weighted by Gasteiger charge is -2.21. The van der Waals surface area contributed by atoms with Crippen LogP contribution in [-0.4, -0.2) is 58.6 Å². The highest BCUT2D eigenvalue weighted by atomic mass is 16.6. The number of aldehydes is 1.